The van der Waals surface area contributed by atoms with Crippen LogP contribution in [0.15, 0.2) is 23.0 Å². The van der Waals surface area contributed by atoms with E-state index in [0.29, 0.717) is 11.3 Å². The summed E-state index contributed by atoms with van der Waals surface area (Å²) in [5.74, 6) is 1.32. The highest BCUT2D eigenvalue weighted by Crippen LogP contribution is 2.27. The van der Waals surface area contributed by atoms with Gasteiger partial charge in [-0.05, 0) is 38.3 Å². The van der Waals surface area contributed by atoms with Gasteiger partial charge in [0.1, 0.15) is 11.9 Å². The molecular weight excluding hydrogens is 242 g/mol. The van der Waals surface area contributed by atoms with Gasteiger partial charge in [0.05, 0.1) is 12.6 Å². The molecule has 0 spiro atoms. The summed E-state index contributed by atoms with van der Waals surface area (Å²) < 4.78 is 11.1. The van der Waals surface area contributed by atoms with E-state index in [4.69, 9.17) is 9.47 Å². The Morgan fingerprint density at radius 1 is 1.32 bits per heavy atom. The average molecular weight is 259 g/mol. The fraction of sp³-hybridized carbons (Fsp3) is 0.400. The molecule has 1 fully saturated rings. The van der Waals surface area contributed by atoms with Crippen LogP contribution in [0.4, 0.5) is 0 Å². The first-order valence-electron chi connectivity index (χ1n) is 6.56. The van der Waals surface area contributed by atoms with Crippen molar-refractivity contribution in [1.82, 2.24) is 4.98 Å². The average Bonchev–Trinajstić information content (AvgIpc) is 2.35. The number of aromatic nitrogens is 1. The highest BCUT2D eigenvalue weighted by Gasteiger charge is 2.20. The molecule has 1 saturated carbocycles. The number of aromatic amines is 1. The fourth-order valence-corrected chi connectivity index (χ4v) is 2.37. The van der Waals surface area contributed by atoms with Gasteiger partial charge in [0.2, 0.25) is 0 Å². The summed E-state index contributed by atoms with van der Waals surface area (Å²) in [6.45, 7) is 1.93. The van der Waals surface area contributed by atoms with E-state index in [0.717, 1.165) is 29.7 Å². The van der Waals surface area contributed by atoms with Gasteiger partial charge in [-0.25, -0.2) is 0 Å². The van der Waals surface area contributed by atoms with Crippen molar-refractivity contribution in [3.63, 3.8) is 0 Å². The Hall–Kier alpha value is -1.97. The Labute approximate surface area is 111 Å². The summed E-state index contributed by atoms with van der Waals surface area (Å²) in [6, 6.07) is 5.14. The Morgan fingerprint density at radius 2 is 2.11 bits per heavy atom. The van der Waals surface area contributed by atoms with Crippen LogP contribution in [0.1, 0.15) is 24.8 Å². The van der Waals surface area contributed by atoms with Gasteiger partial charge in [0, 0.05) is 17.0 Å². The van der Waals surface area contributed by atoms with Gasteiger partial charge in [-0.3, -0.25) is 4.79 Å². The van der Waals surface area contributed by atoms with Crippen LogP contribution in [0.3, 0.4) is 0 Å². The molecule has 0 atom stereocenters. The topological polar surface area (TPSA) is 51.3 Å². The molecule has 2 aromatic rings. The zero-order valence-corrected chi connectivity index (χ0v) is 11.2. The molecule has 1 aliphatic carbocycles. The summed E-state index contributed by atoms with van der Waals surface area (Å²) >= 11 is 0. The quantitative estimate of drug-likeness (QED) is 0.922. The van der Waals surface area contributed by atoms with E-state index in [-0.39, 0.29) is 11.5 Å². The summed E-state index contributed by atoms with van der Waals surface area (Å²) in [5, 5.41) is 0.666. The molecule has 100 valence electrons. The first kappa shape index (κ1) is 12.1. The molecule has 0 amide bonds. The van der Waals surface area contributed by atoms with Crippen LogP contribution >= 0.6 is 0 Å². The maximum atomic E-state index is 12.1. The Morgan fingerprint density at radius 3 is 2.74 bits per heavy atom. The number of hydrogen-bond donors (Lipinski definition) is 1. The van der Waals surface area contributed by atoms with Crippen LogP contribution in [0.5, 0.6) is 11.6 Å². The van der Waals surface area contributed by atoms with E-state index in [1.807, 2.05) is 13.0 Å². The van der Waals surface area contributed by atoms with Gasteiger partial charge in [-0.2, -0.15) is 0 Å². The van der Waals surface area contributed by atoms with Crippen molar-refractivity contribution in [2.24, 2.45) is 0 Å². The lowest BCUT2D eigenvalue weighted by Crippen LogP contribution is -2.25. The molecule has 1 aromatic carbocycles. The number of rotatable bonds is 3. The maximum Gasteiger partial charge on any atom is 0.195 e. The number of nitrogens with one attached hydrogen (secondary N) is 1. The Kier molecular flexibility index (Phi) is 2.93. The molecule has 0 unspecified atom stereocenters. The SMILES string of the molecule is COc1ccc2c(=O)cc(OC3CCC3)[nH]c2c1C. The molecule has 19 heavy (non-hydrogen) atoms. The third-order valence-electron chi connectivity index (χ3n) is 3.76. The van der Waals surface area contributed by atoms with Crippen molar-refractivity contribution in [2.75, 3.05) is 7.11 Å². The van der Waals surface area contributed by atoms with Crippen molar-refractivity contribution in [2.45, 2.75) is 32.3 Å². The van der Waals surface area contributed by atoms with Crippen molar-refractivity contribution in [3.8, 4) is 11.6 Å². The third-order valence-corrected chi connectivity index (χ3v) is 3.76. The van der Waals surface area contributed by atoms with Crippen molar-refractivity contribution in [1.29, 1.82) is 0 Å². The number of H-pyrrole nitrogens is 1. The third kappa shape index (κ3) is 2.07. The number of ether oxygens (including phenoxy) is 2. The van der Waals surface area contributed by atoms with Crippen molar-refractivity contribution in [3.05, 3.63) is 34.0 Å². The summed E-state index contributed by atoms with van der Waals surface area (Å²) in [7, 11) is 1.63. The number of pyridine rings is 1. The second-order valence-electron chi connectivity index (χ2n) is 4.98. The first-order chi connectivity index (χ1) is 9.19. The highest BCUT2D eigenvalue weighted by molar-refractivity contribution is 5.84. The van der Waals surface area contributed by atoms with Gasteiger partial charge in [-0.1, -0.05) is 0 Å². The second-order valence-corrected chi connectivity index (χ2v) is 4.98. The highest BCUT2D eigenvalue weighted by atomic mass is 16.5. The molecule has 0 bridgehead atoms. The summed E-state index contributed by atoms with van der Waals surface area (Å²) in [5.41, 5.74) is 1.70. The lowest BCUT2D eigenvalue weighted by molar-refractivity contribution is 0.115. The monoisotopic (exact) mass is 259 g/mol. The largest absolute Gasteiger partial charge is 0.496 e. The molecule has 4 heteroatoms. The van der Waals surface area contributed by atoms with E-state index in [2.05, 4.69) is 4.98 Å². The summed E-state index contributed by atoms with van der Waals surface area (Å²) in [6.07, 6.45) is 3.59. The van der Waals surface area contributed by atoms with Crippen molar-refractivity contribution < 1.29 is 9.47 Å². The molecule has 1 aliphatic rings. The molecule has 0 aliphatic heterocycles. The minimum Gasteiger partial charge on any atom is -0.496 e. The zero-order chi connectivity index (χ0) is 13.4. The molecule has 3 rings (SSSR count). The van der Waals surface area contributed by atoms with Crippen molar-refractivity contribution >= 4 is 10.9 Å². The lowest BCUT2D eigenvalue weighted by Gasteiger charge is -2.26. The fourth-order valence-electron chi connectivity index (χ4n) is 2.37. The van der Waals surface area contributed by atoms with Gasteiger partial charge >= 0.3 is 0 Å². The van der Waals surface area contributed by atoms with E-state index < -0.39 is 0 Å². The minimum absolute atomic E-state index is 0.0196. The first-order valence-corrected chi connectivity index (χ1v) is 6.56. The zero-order valence-electron chi connectivity index (χ0n) is 11.2. The smallest absolute Gasteiger partial charge is 0.195 e. The molecule has 0 saturated heterocycles. The predicted molar refractivity (Wildman–Crippen MR) is 74.1 cm³/mol. The predicted octanol–water partition coefficient (Wildman–Crippen LogP) is 2.78. The normalized spacial score (nSPS) is 15.3. The van der Waals surface area contributed by atoms with Gasteiger partial charge in [0.15, 0.2) is 11.3 Å². The van der Waals surface area contributed by atoms with Crippen LogP contribution < -0.4 is 14.9 Å². The number of hydrogen-bond acceptors (Lipinski definition) is 3. The maximum absolute atomic E-state index is 12.1. The van der Waals surface area contributed by atoms with Gasteiger partial charge in [0.25, 0.3) is 0 Å². The molecule has 4 nitrogen and oxygen atoms in total. The second kappa shape index (κ2) is 4.61. The molecular formula is C15H17NO3. The van der Waals surface area contributed by atoms with Crippen LogP contribution in [0.25, 0.3) is 10.9 Å². The van der Waals surface area contributed by atoms with E-state index in [1.54, 1.807) is 13.2 Å². The van der Waals surface area contributed by atoms with E-state index in [1.165, 1.54) is 12.5 Å². The van der Waals surface area contributed by atoms with Gasteiger partial charge in [-0.15, -0.1) is 0 Å². The molecule has 1 N–H and O–H groups in total. The number of benzene rings is 1. The van der Waals surface area contributed by atoms with E-state index in [9.17, 15) is 4.79 Å². The summed E-state index contributed by atoms with van der Waals surface area (Å²) in [4.78, 5) is 15.3. The van der Waals surface area contributed by atoms with Crippen LogP contribution in [0.2, 0.25) is 0 Å². The van der Waals surface area contributed by atoms with Gasteiger partial charge < -0.3 is 14.5 Å². The number of methoxy groups -OCH3 is 1. The number of aryl methyl sites for hydroxylation is 1. The molecule has 0 radical (unpaired) electrons. The van der Waals surface area contributed by atoms with Crippen LogP contribution in [-0.4, -0.2) is 18.2 Å². The molecule has 1 aromatic heterocycles. The standard InChI is InChI=1S/C15H17NO3/c1-9-13(18-2)7-6-11-12(17)8-14(16-15(9)11)19-10-4-3-5-10/h6-8,10H,3-5H2,1-2H3,(H,16,17). The Balaban J connectivity index is 2.11. The minimum atomic E-state index is -0.0196. The van der Waals surface area contributed by atoms with Crippen LogP contribution in [-0.2, 0) is 0 Å². The number of fused-ring (bicyclic) bond motifs is 1. The Bertz CT molecular complexity index is 671. The van der Waals surface area contributed by atoms with E-state index >= 15 is 0 Å². The lowest BCUT2D eigenvalue weighted by atomic mass is 9.96. The van der Waals surface area contributed by atoms with Crippen LogP contribution in [0, 0.1) is 6.92 Å². The molecule has 1 heterocycles.